The molecule has 1 amide bonds. The van der Waals surface area contributed by atoms with Crippen molar-refractivity contribution in [3.8, 4) is 5.88 Å². The molecule has 6 nitrogen and oxygen atoms in total. The van der Waals surface area contributed by atoms with Crippen molar-refractivity contribution in [3.63, 3.8) is 0 Å². The molecule has 1 aromatic heterocycles. The fourth-order valence-electron chi connectivity index (χ4n) is 3.51. The largest absolute Gasteiger partial charge is 0.480 e. The van der Waals surface area contributed by atoms with Crippen molar-refractivity contribution in [2.75, 3.05) is 26.9 Å². The van der Waals surface area contributed by atoms with E-state index >= 15 is 0 Å². The smallest absolute Gasteiger partial charge is 0.255 e. The van der Waals surface area contributed by atoms with Gasteiger partial charge in [-0.1, -0.05) is 18.0 Å². The number of ether oxygens (including phenoxy) is 2. The first kappa shape index (κ1) is 16.5. The molecule has 1 aliphatic carbocycles. The van der Waals surface area contributed by atoms with Crippen LogP contribution in [0.2, 0.25) is 5.02 Å². The number of methoxy groups -OCH3 is 1. The van der Waals surface area contributed by atoms with Crippen LogP contribution in [-0.2, 0) is 4.74 Å². The molecule has 0 spiro atoms. The fourth-order valence-corrected chi connectivity index (χ4v) is 3.75. The Bertz CT molecular complexity index is 583. The van der Waals surface area contributed by atoms with Gasteiger partial charge in [-0.05, 0) is 18.9 Å². The van der Waals surface area contributed by atoms with Crippen molar-refractivity contribution in [3.05, 3.63) is 22.8 Å². The molecule has 3 unspecified atom stereocenters. The Balaban J connectivity index is 1.82. The van der Waals surface area contributed by atoms with Gasteiger partial charge in [-0.15, -0.1) is 0 Å². The third-order valence-corrected chi connectivity index (χ3v) is 4.97. The second-order valence-electron chi connectivity index (χ2n) is 6.02. The maximum atomic E-state index is 12.9. The normalized spacial score (nSPS) is 28.0. The average molecular weight is 341 g/mol. The van der Waals surface area contributed by atoms with Gasteiger partial charge in [-0.25, -0.2) is 4.98 Å². The summed E-state index contributed by atoms with van der Waals surface area (Å²) in [6, 6.07) is 1.47. The number of rotatable bonds is 3. The predicted octanol–water partition coefficient (Wildman–Crippen LogP) is 1.75. The second kappa shape index (κ2) is 7.03. The number of aliphatic hydroxyl groups excluding tert-OH is 1. The molecule has 0 aromatic carbocycles. The zero-order chi connectivity index (χ0) is 16.4. The molecule has 126 valence electrons. The number of aromatic nitrogens is 1. The molecule has 0 radical (unpaired) electrons. The number of hydrogen-bond donors (Lipinski definition) is 1. The van der Waals surface area contributed by atoms with Gasteiger partial charge < -0.3 is 19.5 Å². The maximum Gasteiger partial charge on any atom is 0.255 e. The van der Waals surface area contributed by atoms with Crippen LogP contribution in [0.25, 0.3) is 0 Å². The first-order valence-corrected chi connectivity index (χ1v) is 8.26. The van der Waals surface area contributed by atoms with Crippen LogP contribution in [0.3, 0.4) is 0 Å². The molecule has 2 aliphatic rings. The lowest BCUT2D eigenvalue weighted by atomic mass is 9.94. The number of aliphatic hydroxyl groups is 1. The van der Waals surface area contributed by atoms with Gasteiger partial charge in [-0.3, -0.25) is 4.79 Å². The number of carbonyl (C=O) groups excluding carboxylic acids is 1. The summed E-state index contributed by atoms with van der Waals surface area (Å²) in [6.45, 7) is 1.48. The van der Waals surface area contributed by atoms with Crippen LogP contribution in [0.5, 0.6) is 5.88 Å². The molecule has 2 heterocycles. The lowest BCUT2D eigenvalue weighted by Crippen LogP contribution is -2.53. The minimum atomic E-state index is -0.366. The van der Waals surface area contributed by atoms with Crippen molar-refractivity contribution < 1.29 is 19.4 Å². The van der Waals surface area contributed by atoms with E-state index in [0.717, 1.165) is 19.3 Å². The van der Waals surface area contributed by atoms with Gasteiger partial charge in [0.1, 0.15) is 5.02 Å². The van der Waals surface area contributed by atoms with E-state index in [1.54, 1.807) is 11.0 Å². The van der Waals surface area contributed by atoms with Crippen LogP contribution >= 0.6 is 11.6 Å². The van der Waals surface area contributed by atoms with E-state index in [1.807, 2.05) is 0 Å². The maximum absolute atomic E-state index is 12.9. The summed E-state index contributed by atoms with van der Waals surface area (Å²) in [5, 5.41) is 10.5. The van der Waals surface area contributed by atoms with Gasteiger partial charge in [0.25, 0.3) is 5.91 Å². The molecule has 0 bridgehead atoms. The standard InChI is InChI=1S/C16H21ClN2O4/c1-22-15-12(17)7-10(8-18-15)16(21)19-5-6-23-9-13(19)11-3-2-4-14(11)20/h7-8,11,13-14,20H,2-6,9H2,1H3. The van der Waals surface area contributed by atoms with Gasteiger partial charge in [0.05, 0.1) is 38.0 Å². The lowest BCUT2D eigenvalue weighted by molar-refractivity contribution is -0.0383. The van der Waals surface area contributed by atoms with Crippen molar-refractivity contribution >= 4 is 17.5 Å². The molecule has 1 N–H and O–H groups in total. The molecular formula is C16H21ClN2O4. The SMILES string of the molecule is COc1ncc(C(=O)N2CCOCC2C2CCCC2O)cc1Cl. The number of halogens is 1. The highest BCUT2D eigenvalue weighted by Gasteiger charge is 2.39. The molecule has 3 rings (SSSR count). The molecule has 1 saturated carbocycles. The Morgan fingerprint density at radius 1 is 1.52 bits per heavy atom. The van der Waals surface area contributed by atoms with Gasteiger partial charge in [0, 0.05) is 18.7 Å². The molecule has 1 aliphatic heterocycles. The van der Waals surface area contributed by atoms with E-state index in [1.165, 1.54) is 13.3 Å². The van der Waals surface area contributed by atoms with Gasteiger partial charge in [-0.2, -0.15) is 0 Å². The van der Waals surface area contributed by atoms with Crippen LogP contribution in [0.15, 0.2) is 12.3 Å². The van der Waals surface area contributed by atoms with Crippen LogP contribution in [-0.4, -0.2) is 59.9 Å². The van der Waals surface area contributed by atoms with Crippen molar-refractivity contribution in [1.82, 2.24) is 9.88 Å². The van der Waals surface area contributed by atoms with E-state index in [0.29, 0.717) is 36.2 Å². The summed E-state index contributed by atoms with van der Waals surface area (Å²) in [5.41, 5.74) is 0.426. The summed E-state index contributed by atoms with van der Waals surface area (Å²) in [4.78, 5) is 18.7. The number of pyridine rings is 1. The summed E-state index contributed by atoms with van der Waals surface area (Å²) in [7, 11) is 1.48. The predicted molar refractivity (Wildman–Crippen MR) is 84.8 cm³/mol. The van der Waals surface area contributed by atoms with Gasteiger partial charge in [0.15, 0.2) is 0 Å². The number of nitrogens with zero attached hydrogens (tertiary/aromatic N) is 2. The Morgan fingerprint density at radius 2 is 2.35 bits per heavy atom. The van der Waals surface area contributed by atoms with E-state index in [9.17, 15) is 9.90 Å². The molecular weight excluding hydrogens is 320 g/mol. The van der Waals surface area contributed by atoms with Gasteiger partial charge >= 0.3 is 0 Å². The number of hydrogen-bond acceptors (Lipinski definition) is 5. The fraction of sp³-hybridized carbons (Fsp3) is 0.625. The first-order chi connectivity index (χ1) is 11.1. The second-order valence-corrected chi connectivity index (χ2v) is 6.43. The molecule has 1 saturated heterocycles. The molecule has 2 fully saturated rings. The summed E-state index contributed by atoms with van der Waals surface area (Å²) < 4.78 is 10.6. The third kappa shape index (κ3) is 3.29. The molecule has 1 aromatic rings. The van der Waals surface area contributed by atoms with E-state index in [-0.39, 0.29) is 24.0 Å². The Morgan fingerprint density at radius 3 is 3.00 bits per heavy atom. The van der Waals surface area contributed by atoms with E-state index in [2.05, 4.69) is 4.98 Å². The molecule has 3 atom stereocenters. The Kier molecular flexibility index (Phi) is 5.04. The van der Waals surface area contributed by atoms with Crippen molar-refractivity contribution in [1.29, 1.82) is 0 Å². The van der Waals surface area contributed by atoms with Crippen molar-refractivity contribution in [2.45, 2.75) is 31.4 Å². The summed E-state index contributed by atoms with van der Waals surface area (Å²) in [5.74, 6) is 0.239. The minimum absolute atomic E-state index is 0.0703. The topological polar surface area (TPSA) is 71.9 Å². The summed E-state index contributed by atoms with van der Waals surface area (Å²) in [6.07, 6.45) is 3.81. The first-order valence-electron chi connectivity index (χ1n) is 7.88. The monoisotopic (exact) mass is 340 g/mol. The van der Waals surface area contributed by atoms with Crippen LogP contribution in [0.4, 0.5) is 0 Å². The quantitative estimate of drug-likeness (QED) is 0.907. The van der Waals surface area contributed by atoms with Gasteiger partial charge in [0.2, 0.25) is 5.88 Å². The van der Waals surface area contributed by atoms with E-state index < -0.39 is 0 Å². The third-order valence-electron chi connectivity index (χ3n) is 4.70. The zero-order valence-corrected chi connectivity index (χ0v) is 13.8. The highest BCUT2D eigenvalue weighted by Crippen LogP contribution is 2.33. The molecule has 23 heavy (non-hydrogen) atoms. The molecule has 7 heteroatoms. The van der Waals surface area contributed by atoms with Crippen LogP contribution in [0, 0.1) is 5.92 Å². The number of morpholine rings is 1. The highest BCUT2D eigenvalue weighted by atomic mass is 35.5. The lowest BCUT2D eigenvalue weighted by Gasteiger charge is -2.40. The number of amides is 1. The zero-order valence-electron chi connectivity index (χ0n) is 13.1. The van der Waals surface area contributed by atoms with Crippen molar-refractivity contribution in [2.24, 2.45) is 5.92 Å². The summed E-state index contributed by atoms with van der Waals surface area (Å²) >= 11 is 6.08. The van der Waals surface area contributed by atoms with Crippen LogP contribution in [0.1, 0.15) is 29.6 Å². The Labute approximate surface area is 140 Å². The highest BCUT2D eigenvalue weighted by molar-refractivity contribution is 6.32. The van der Waals surface area contributed by atoms with E-state index in [4.69, 9.17) is 21.1 Å². The number of carbonyl (C=O) groups is 1. The minimum Gasteiger partial charge on any atom is -0.480 e. The Hall–Kier alpha value is -1.37. The average Bonchev–Trinajstić information content (AvgIpc) is 3.00. The van der Waals surface area contributed by atoms with Crippen LogP contribution < -0.4 is 4.74 Å².